The summed E-state index contributed by atoms with van der Waals surface area (Å²) in [7, 11) is -3.55. The molecule has 0 radical (unpaired) electrons. The van der Waals surface area contributed by atoms with E-state index in [2.05, 4.69) is 22.3 Å². The Morgan fingerprint density at radius 1 is 1.03 bits per heavy atom. The van der Waals surface area contributed by atoms with E-state index in [0.29, 0.717) is 29.6 Å². The average molecular weight is 432 g/mol. The second-order valence-corrected chi connectivity index (χ2v) is 9.38. The lowest BCUT2D eigenvalue weighted by Gasteiger charge is -2.18. The molecule has 0 saturated carbocycles. The number of thioether (sulfide) groups is 1. The smallest absolute Gasteiger partial charge is 0.243 e. The van der Waals surface area contributed by atoms with Crippen molar-refractivity contribution in [3.8, 4) is 11.4 Å². The molecule has 2 aromatic carbocycles. The molecule has 0 atom stereocenters. The van der Waals surface area contributed by atoms with Crippen LogP contribution in [-0.4, -0.2) is 46.4 Å². The topological polar surface area (TPSA) is 94.1 Å². The molecule has 0 aliphatic rings. The zero-order chi connectivity index (χ0) is 20.9. The minimum Gasteiger partial charge on any atom is -0.335 e. The summed E-state index contributed by atoms with van der Waals surface area (Å²) in [6.45, 7) is 4.47. The SMILES string of the molecule is CCN(CC)S(=O)(=O)c1cccc(-c2nnc(SCCc3ccccc3)n2N)c1. The number of rotatable bonds is 9. The maximum atomic E-state index is 12.8. The maximum absolute atomic E-state index is 12.8. The van der Waals surface area contributed by atoms with Crippen LogP contribution < -0.4 is 5.84 Å². The van der Waals surface area contributed by atoms with Crippen molar-refractivity contribution in [2.45, 2.75) is 30.3 Å². The normalized spacial score (nSPS) is 11.8. The Kier molecular flexibility index (Phi) is 6.94. The van der Waals surface area contributed by atoms with E-state index < -0.39 is 10.0 Å². The van der Waals surface area contributed by atoms with Crippen LogP contribution in [0.4, 0.5) is 0 Å². The fourth-order valence-electron chi connectivity index (χ4n) is 2.99. The molecule has 0 amide bonds. The van der Waals surface area contributed by atoms with Gasteiger partial charge in [0, 0.05) is 24.4 Å². The minimum absolute atomic E-state index is 0.222. The zero-order valence-electron chi connectivity index (χ0n) is 16.5. The van der Waals surface area contributed by atoms with Gasteiger partial charge in [-0.05, 0) is 24.1 Å². The molecule has 0 fully saturated rings. The van der Waals surface area contributed by atoms with Crippen LogP contribution in [0.3, 0.4) is 0 Å². The van der Waals surface area contributed by atoms with Crippen LogP contribution in [0, 0.1) is 0 Å². The minimum atomic E-state index is -3.55. The van der Waals surface area contributed by atoms with Gasteiger partial charge in [0.2, 0.25) is 15.2 Å². The number of nitrogens with zero attached hydrogens (tertiary/aromatic N) is 4. The van der Waals surface area contributed by atoms with Gasteiger partial charge in [-0.1, -0.05) is 68.1 Å². The summed E-state index contributed by atoms with van der Waals surface area (Å²) in [6.07, 6.45) is 0.894. The van der Waals surface area contributed by atoms with Crippen LogP contribution in [0.25, 0.3) is 11.4 Å². The van der Waals surface area contributed by atoms with Crippen LogP contribution in [-0.2, 0) is 16.4 Å². The van der Waals surface area contributed by atoms with Crippen LogP contribution in [0.15, 0.2) is 64.6 Å². The number of aromatic nitrogens is 3. The van der Waals surface area contributed by atoms with Crippen molar-refractivity contribution in [3.05, 3.63) is 60.2 Å². The van der Waals surface area contributed by atoms with E-state index in [0.717, 1.165) is 12.2 Å². The molecule has 7 nitrogen and oxygen atoms in total. The number of benzene rings is 2. The van der Waals surface area contributed by atoms with Crippen molar-refractivity contribution in [2.75, 3.05) is 24.7 Å². The molecule has 1 heterocycles. The Balaban J connectivity index is 1.78. The summed E-state index contributed by atoms with van der Waals surface area (Å²) in [5.41, 5.74) is 1.86. The largest absolute Gasteiger partial charge is 0.335 e. The Morgan fingerprint density at radius 3 is 2.45 bits per heavy atom. The molecular formula is C20H25N5O2S2. The molecule has 0 aliphatic heterocycles. The van der Waals surface area contributed by atoms with Gasteiger partial charge in [0.15, 0.2) is 5.82 Å². The standard InChI is InChI=1S/C20H25N5O2S2/c1-3-24(4-2)29(26,27)18-12-8-11-17(15-18)19-22-23-20(25(19)21)28-14-13-16-9-6-5-7-10-16/h5-12,15H,3-4,13-14,21H2,1-2H3. The predicted molar refractivity (Wildman–Crippen MR) is 117 cm³/mol. The first-order valence-electron chi connectivity index (χ1n) is 9.45. The van der Waals surface area contributed by atoms with E-state index in [4.69, 9.17) is 5.84 Å². The summed E-state index contributed by atoms with van der Waals surface area (Å²) in [4.78, 5) is 0.222. The molecule has 2 N–H and O–H groups in total. The number of nitrogens with two attached hydrogens (primary N) is 1. The lowest BCUT2D eigenvalue weighted by molar-refractivity contribution is 0.445. The van der Waals surface area contributed by atoms with Crippen LogP contribution >= 0.6 is 11.8 Å². The fourth-order valence-corrected chi connectivity index (χ4v) is 5.33. The molecule has 0 saturated heterocycles. The molecule has 0 spiro atoms. The molecule has 3 rings (SSSR count). The van der Waals surface area contributed by atoms with E-state index in [1.165, 1.54) is 26.3 Å². The van der Waals surface area contributed by atoms with Crippen LogP contribution in [0.5, 0.6) is 0 Å². The van der Waals surface area contributed by atoms with Gasteiger partial charge in [0.25, 0.3) is 0 Å². The molecule has 29 heavy (non-hydrogen) atoms. The van der Waals surface area contributed by atoms with E-state index in [9.17, 15) is 8.42 Å². The summed E-state index contributed by atoms with van der Waals surface area (Å²) < 4.78 is 28.4. The van der Waals surface area contributed by atoms with Crippen molar-refractivity contribution >= 4 is 21.8 Å². The van der Waals surface area contributed by atoms with Crippen molar-refractivity contribution in [1.82, 2.24) is 19.2 Å². The van der Waals surface area contributed by atoms with E-state index in [-0.39, 0.29) is 4.90 Å². The quantitative estimate of drug-likeness (QED) is 0.413. The predicted octanol–water partition coefficient (Wildman–Crippen LogP) is 3.02. The van der Waals surface area contributed by atoms with Crippen molar-refractivity contribution in [2.24, 2.45) is 0 Å². The summed E-state index contributed by atoms with van der Waals surface area (Å²) in [5, 5.41) is 8.94. The number of nitrogen functional groups attached to an aromatic ring is 1. The zero-order valence-corrected chi connectivity index (χ0v) is 18.2. The van der Waals surface area contributed by atoms with Gasteiger partial charge < -0.3 is 5.84 Å². The van der Waals surface area contributed by atoms with Gasteiger partial charge in [0.1, 0.15) is 0 Å². The summed E-state index contributed by atoms with van der Waals surface area (Å²) >= 11 is 1.52. The Morgan fingerprint density at radius 2 is 1.76 bits per heavy atom. The Bertz CT molecular complexity index is 1050. The van der Waals surface area contributed by atoms with Crippen molar-refractivity contribution in [3.63, 3.8) is 0 Å². The Hall–Kier alpha value is -2.36. The number of hydrogen-bond donors (Lipinski definition) is 1. The monoisotopic (exact) mass is 431 g/mol. The van der Waals surface area contributed by atoms with Gasteiger partial charge in [0.05, 0.1) is 4.90 Å². The summed E-state index contributed by atoms with van der Waals surface area (Å²) in [5.74, 6) is 7.45. The lowest BCUT2D eigenvalue weighted by Crippen LogP contribution is -2.30. The molecule has 1 aromatic heterocycles. The number of sulfonamides is 1. The summed E-state index contributed by atoms with van der Waals surface area (Å²) in [6, 6.07) is 16.9. The second-order valence-electron chi connectivity index (χ2n) is 6.38. The molecule has 3 aromatic rings. The first-order chi connectivity index (χ1) is 14.0. The van der Waals surface area contributed by atoms with E-state index in [1.54, 1.807) is 24.3 Å². The van der Waals surface area contributed by atoms with Gasteiger partial charge in [-0.3, -0.25) is 0 Å². The Labute approximate surface area is 176 Å². The third-order valence-electron chi connectivity index (χ3n) is 4.56. The first-order valence-corrected chi connectivity index (χ1v) is 11.9. The van der Waals surface area contributed by atoms with Gasteiger partial charge in [-0.2, -0.15) is 4.31 Å². The van der Waals surface area contributed by atoms with Crippen LogP contribution in [0.1, 0.15) is 19.4 Å². The molecule has 0 unspecified atom stereocenters. The highest BCUT2D eigenvalue weighted by Crippen LogP contribution is 2.25. The highest BCUT2D eigenvalue weighted by atomic mass is 32.2. The molecule has 154 valence electrons. The van der Waals surface area contributed by atoms with Crippen molar-refractivity contribution in [1.29, 1.82) is 0 Å². The molecule has 0 bridgehead atoms. The van der Waals surface area contributed by atoms with E-state index in [1.807, 2.05) is 32.0 Å². The highest BCUT2D eigenvalue weighted by Gasteiger charge is 2.22. The fraction of sp³-hybridized carbons (Fsp3) is 0.300. The lowest BCUT2D eigenvalue weighted by atomic mass is 10.2. The third kappa shape index (κ3) is 4.80. The molecular weight excluding hydrogens is 406 g/mol. The molecule has 0 aliphatic carbocycles. The average Bonchev–Trinajstić information content (AvgIpc) is 3.10. The van der Waals surface area contributed by atoms with Crippen LogP contribution in [0.2, 0.25) is 0 Å². The molecule has 9 heteroatoms. The number of hydrogen-bond acceptors (Lipinski definition) is 6. The maximum Gasteiger partial charge on any atom is 0.243 e. The van der Waals surface area contributed by atoms with Gasteiger partial charge >= 0.3 is 0 Å². The highest BCUT2D eigenvalue weighted by molar-refractivity contribution is 7.99. The number of aryl methyl sites for hydroxylation is 1. The third-order valence-corrected chi connectivity index (χ3v) is 7.56. The van der Waals surface area contributed by atoms with Gasteiger partial charge in [-0.25, -0.2) is 13.1 Å². The van der Waals surface area contributed by atoms with Gasteiger partial charge in [-0.15, -0.1) is 10.2 Å². The first kappa shape index (κ1) is 21.4. The van der Waals surface area contributed by atoms with Crippen molar-refractivity contribution < 1.29 is 8.42 Å². The van der Waals surface area contributed by atoms with E-state index >= 15 is 0 Å². The second kappa shape index (κ2) is 9.43.